The van der Waals surface area contributed by atoms with E-state index in [9.17, 15) is 9.18 Å². The smallest absolute Gasteiger partial charge is 0.256 e. The molecule has 0 fully saturated rings. The Morgan fingerprint density at radius 3 is 2.63 bits per heavy atom. The summed E-state index contributed by atoms with van der Waals surface area (Å²) in [6.45, 7) is 0.424. The molecule has 0 atom stereocenters. The van der Waals surface area contributed by atoms with Gasteiger partial charge in [0.05, 0.1) is 11.8 Å². The number of rotatable bonds is 3. The van der Waals surface area contributed by atoms with Crippen LogP contribution in [0.1, 0.15) is 15.9 Å². The minimum absolute atomic E-state index is 0.0367. The Balaban J connectivity index is 2.12. The lowest BCUT2D eigenvalue weighted by atomic mass is 10.2. The van der Waals surface area contributed by atoms with Gasteiger partial charge in [0.25, 0.3) is 5.91 Å². The number of amides is 1. The molecule has 5 heteroatoms. The van der Waals surface area contributed by atoms with Crippen molar-refractivity contribution in [2.45, 2.75) is 6.54 Å². The lowest BCUT2D eigenvalue weighted by Crippen LogP contribution is -2.27. The monoisotopic (exact) mass is 322 g/mol. The molecule has 0 bridgehead atoms. The molecule has 0 aliphatic carbocycles. The Morgan fingerprint density at radius 2 is 2.00 bits per heavy atom. The summed E-state index contributed by atoms with van der Waals surface area (Å²) in [6, 6.07) is 9.02. The van der Waals surface area contributed by atoms with Crippen LogP contribution in [0.2, 0.25) is 0 Å². The Morgan fingerprint density at radius 1 is 1.32 bits per heavy atom. The van der Waals surface area contributed by atoms with Crippen LogP contribution in [0.4, 0.5) is 4.39 Å². The molecule has 19 heavy (non-hydrogen) atoms. The number of carbonyl (C=O) groups is 1. The van der Waals surface area contributed by atoms with Gasteiger partial charge in [0.2, 0.25) is 0 Å². The van der Waals surface area contributed by atoms with E-state index in [2.05, 4.69) is 20.9 Å². The molecule has 1 heterocycles. The van der Waals surface area contributed by atoms with Gasteiger partial charge in [-0.2, -0.15) is 0 Å². The van der Waals surface area contributed by atoms with E-state index in [0.29, 0.717) is 6.54 Å². The minimum atomic E-state index is -0.602. The van der Waals surface area contributed by atoms with Crippen molar-refractivity contribution >= 4 is 21.8 Å². The van der Waals surface area contributed by atoms with Crippen LogP contribution in [0.25, 0.3) is 0 Å². The molecular weight excluding hydrogens is 311 g/mol. The second-order valence-corrected chi connectivity index (χ2v) is 5.06. The van der Waals surface area contributed by atoms with Gasteiger partial charge in [-0.15, -0.1) is 0 Å². The highest BCUT2D eigenvalue weighted by molar-refractivity contribution is 9.10. The van der Waals surface area contributed by atoms with Crippen molar-refractivity contribution in [3.63, 3.8) is 0 Å². The maximum atomic E-state index is 13.5. The van der Waals surface area contributed by atoms with Crippen molar-refractivity contribution in [1.82, 2.24) is 9.88 Å². The van der Waals surface area contributed by atoms with Crippen molar-refractivity contribution in [1.29, 1.82) is 0 Å². The first-order chi connectivity index (χ1) is 9.08. The third-order valence-electron chi connectivity index (χ3n) is 2.68. The fourth-order valence-corrected chi connectivity index (χ4v) is 1.95. The Hall–Kier alpha value is -1.75. The zero-order chi connectivity index (χ0) is 13.8. The standard InChI is InChI=1S/C14H12BrFN2O/c1-18(9-10-2-4-11(15)5-3-10)14(19)12-6-7-17-8-13(12)16/h2-8H,9H2,1H3. The van der Waals surface area contributed by atoms with E-state index in [1.54, 1.807) is 7.05 Å². The van der Waals surface area contributed by atoms with Crippen molar-refractivity contribution in [2.24, 2.45) is 0 Å². The second-order valence-electron chi connectivity index (χ2n) is 4.14. The number of aromatic nitrogens is 1. The van der Waals surface area contributed by atoms with Crippen LogP contribution in [-0.2, 0) is 6.54 Å². The molecule has 3 nitrogen and oxygen atoms in total. The number of halogens is 2. The predicted molar refractivity (Wildman–Crippen MR) is 74.1 cm³/mol. The fraction of sp³-hybridized carbons (Fsp3) is 0.143. The Kier molecular flexibility index (Phi) is 4.27. The van der Waals surface area contributed by atoms with Gasteiger partial charge in [-0.05, 0) is 23.8 Å². The van der Waals surface area contributed by atoms with Crippen molar-refractivity contribution < 1.29 is 9.18 Å². The summed E-state index contributed by atoms with van der Waals surface area (Å²) in [6.07, 6.45) is 2.45. The third-order valence-corrected chi connectivity index (χ3v) is 3.21. The van der Waals surface area contributed by atoms with Crippen LogP contribution in [0.5, 0.6) is 0 Å². The van der Waals surface area contributed by atoms with Crippen LogP contribution in [0.15, 0.2) is 47.2 Å². The van der Waals surface area contributed by atoms with E-state index in [1.807, 2.05) is 24.3 Å². The summed E-state index contributed by atoms with van der Waals surface area (Å²) in [5, 5.41) is 0. The third kappa shape index (κ3) is 3.38. The fourth-order valence-electron chi connectivity index (χ4n) is 1.69. The first-order valence-corrected chi connectivity index (χ1v) is 6.46. The molecule has 2 aromatic rings. The minimum Gasteiger partial charge on any atom is -0.337 e. The molecule has 0 radical (unpaired) electrons. The summed E-state index contributed by atoms with van der Waals surface area (Å²) in [7, 11) is 1.64. The predicted octanol–water partition coefficient (Wildman–Crippen LogP) is 3.26. The number of benzene rings is 1. The molecular formula is C14H12BrFN2O. The van der Waals surface area contributed by atoms with Crippen molar-refractivity contribution in [3.8, 4) is 0 Å². The maximum Gasteiger partial charge on any atom is 0.256 e. The average molecular weight is 323 g/mol. The molecule has 1 aromatic carbocycles. The van der Waals surface area contributed by atoms with Crippen LogP contribution in [-0.4, -0.2) is 22.8 Å². The second kappa shape index (κ2) is 5.93. The van der Waals surface area contributed by atoms with E-state index in [-0.39, 0.29) is 11.5 Å². The van der Waals surface area contributed by atoms with Gasteiger partial charge in [0.1, 0.15) is 0 Å². The van der Waals surface area contributed by atoms with E-state index >= 15 is 0 Å². The van der Waals surface area contributed by atoms with Gasteiger partial charge in [-0.25, -0.2) is 4.39 Å². The zero-order valence-corrected chi connectivity index (χ0v) is 11.9. The molecule has 2 rings (SSSR count). The molecule has 0 saturated carbocycles. The highest BCUT2D eigenvalue weighted by Gasteiger charge is 2.16. The Labute approximate surface area is 119 Å². The Bertz CT molecular complexity index is 586. The summed E-state index contributed by atoms with van der Waals surface area (Å²) in [5.74, 6) is -0.960. The first-order valence-electron chi connectivity index (χ1n) is 5.67. The highest BCUT2D eigenvalue weighted by atomic mass is 79.9. The number of pyridine rings is 1. The summed E-state index contributed by atoms with van der Waals surface area (Å²) >= 11 is 3.35. The van der Waals surface area contributed by atoms with Gasteiger partial charge in [0, 0.05) is 24.3 Å². The zero-order valence-electron chi connectivity index (χ0n) is 10.3. The van der Waals surface area contributed by atoms with Crippen LogP contribution in [0.3, 0.4) is 0 Å². The van der Waals surface area contributed by atoms with Gasteiger partial charge >= 0.3 is 0 Å². The topological polar surface area (TPSA) is 33.2 Å². The number of hydrogen-bond acceptors (Lipinski definition) is 2. The summed E-state index contributed by atoms with van der Waals surface area (Å²) in [5.41, 5.74) is 1.02. The van der Waals surface area contributed by atoms with Gasteiger partial charge in [0.15, 0.2) is 5.82 Å². The molecule has 98 valence electrons. The molecule has 0 saturated heterocycles. The van der Waals surface area contributed by atoms with Gasteiger partial charge in [-0.3, -0.25) is 9.78 Å². The molecule has 0 spiro atoms. The van der Waals surface area contributed by atoms with E-state index in [1.165, 1.54) is 17.2 Å². The lowest BCUT2D eigenvalue weighted by molar-refractivity contribution is 0.0780. The number of hydrogen-bond donors (Lipinski definition) is 0. The molecule has 0 aliphatic heterocycles. The summed E-state index contributed by atoms with van der Waals surface area (Å²) in [4.78, 5) is 17.2. The van der Waals surface area contributed by atoms with E-state index in [0.717, 1.165) is 16.2 Å². The molecule has 1 amide bonds. The SMILES string of the molecule is CN(Cc1ccc(Br)cc1)C(=O)c1ccncc1F. The van der Waals surface area contributed by atoms with Crippen molar-refractivity contribution in [2.75, 3.05) is 7.05 Å². The van der Waals surface area contributed by atoms with E-state index < -0.39 is 5.82 Å². The van der Waals surface area contributed by atoms with Gasteiger partial charge in [-0.1, -0.05) is 28.1 Å². The largest absolute Gasteiger partial charge is 0.337 e. The maximum absolute atomic E-state index is 13.5. The number of carbonyl (C=O) groups excluding carboxylic acids is 1. The molecule has 0 N–H and O–H groups in total. The average Bonchev–Trinajstić information content (AvgIpc) is 2.41. The molecule has 1 aromatic heterocycles. The van der Waals surface area contributed by atoms with Crippen LogP contribution in [0, 0.1) is 5.82 Å². The molecule has 0 aliphatic rings. The highest BCUT2D eigenvalue weighted by Crippen LogP contribution is 2.14. The lowest BCUT2D eigenvalue weighted by Gasteiger charge is -2.17. The normalized spacial score (nSPS) is 10.3. The van der Waals surface area contributed by atoms with Crippen LogP contribution < -0.4 is 0 Å². The van der Waals surface area contributed by atoms with Crippen LogP contribution >= 0.6 is 15.9 Å². The van der Waals surface area contributed by atoms with E-state index in [4.69, 9.17) is 0 Å². The van der Waals surface area contributed by atoms with Crippen molar-refractivity contribution in [3.05, 3.63) is 64.1 Å². The summed E-state index contributed by atoms with van der Waals surface area (Å²) < 4.78 is 14.5. The quantitative estimate of drug-likeness (QED) is 0.869. The number of nitrogens with zero attached hydrogens (tertiary/aromatic N) is 2. The first kappa shape index (κ1) is 13.7. The molecule has 0 unspecified atom stereocenters. The van der Waals surface area contributed by atoms with Gasteiger partial charge < -0.3 is 4.90 Å².